The van der Waals surface area contributed by atoms with Crippen LogP contribution in [0, 0.1) is 59.2 Å². The molecule has 9 amide bonds. The molecule has 1 aliphatic rings. The number of methoxy groups -OCH3 is 1. The van der Waals surface area contributed by atoms with Gasteiger partial charge in [-0.15, -0.1) is 0 Å². The molecule has 28 heteroatoms. The summed E-state index contributed by atoms with van der Waals surface area (Å²) in [6.45, 7) is 75.0. The van der Waals surface area contributed by atoms with Crippen LogP contribution in [0.1, 0.15) is 231 Å². The van der Waals surface area contributed by atoms with Crippen molar-refractivity contribution in [3.05, 3.63) is 0 Å². The summed E-state index contributed by atoms with van der Waals surface area (Å²) >= 11 is 0. The van der Waals surface area contributed by atoms with Crippen LogP contribution in [-0.4, -0.2) is 402 Å². The highest BCUT2D eigenvalue weighted by Crippen LogP contribution is 2.20. The molecule has 1 rings (SSSR count). The molecule has 732 valence electrons. The fourth-order valence-electron chi connectivity index (χ4n) is 13.2. The van der Waals surface area contributed by atoms with Crippen molar-refractivity contribution in [1.82, 2.24) is 84.5 Å². The van der Waals surface area contributed by atoms with Gasteiger partial charge < -0.3 is 50.1 Å². The number of Topliss-reactive ketones (excluding diaryl/α,β-unsaturated/α-hetero) is 1. The highest BCUT2D eigenvalue weighted by atomic mass is 16.5. The Balaban J connectivity index is -0.000000251. The van der Waals surface area contributed by atoms with E-state index in [-0.39, 0.29) is 72.2 Å². The maximum Gasteiger partial charge on any atom is 0.241 e. The van der Waals surface area contributed by atoms with E-state index in [4.69, 9.17) is 4.74 Å². The van der Waals surface area contributed by atoms with E-state index in [9.17, 15) is 47.9 Å². The Morgan fingerprint density at radius 2 is 0.707 bits per heavy atom. The van der Waals surface area contributed by atoms with Crippen LogP contribution in [0.25, 0.3) is 0 Å². The van der Waals surface area contributed by atoms with E-state index in [0.717, 1.165) is 130 Å². The summed E-state index contributed by atoms with van der Waals surface area (Å²) in [6.07, 6.45) is 8.50. The quantitative estimate of drug-likeness (QED) is 0.0511. The molecule has 0 spiro atoms. The number of rotatable bonds is 52. The highest BCUT2D eigenvalue weighted by Gasteiger charge is 2.25. The molecule has 0 unspecified atom stereocenters. The van der Waals surface area contributed by atoms with E-state index in [1.54, 1.807) is 64.1 Å². The molecular weight excluding hydrogens is 1560 g/mol. The Morgan fingerprint density at radius 3 is 1.02 bits per heavy atom. The van der Waals surface area contributed by atoms with Gasteiger partial charge in [0, 0.05) is 161 Å². The average molecular weight is 1760 g/mol. The van der Waals surface area contributed by atoms with Crippen LogP contribution in [0.4, 0.5) is 0 Å². The van der Waals surface area contributed by atoms with Gasteiger partial charge in [-0.05, 0) is 166 Å². The average Bonchev–Trinajstić information content (AvgIpc) is 0.884. The van der Waals surface area contributed by atoms with E-state index in [1.165, 1.54) is 29.1 Å². The van der Waals surface area contributed by atoms with Crippen molar-refractivity contribution in [1.29, 1.82) is 0 Å². The fourth-order valence-corrected chi connectivity index (χ4v) is 13.2. The van der Waals surface area contributed by atoms with Gasteiger partial charge in [-0.3, -0.25) is 87.1 Å². The van der Waals surface area contributed by atoms with Gasteiger partial charge in [0.15, 0.2) is 5.78 Å². The third-order valence-electron chi connectivity index (χ3n) is 18.4. The van der Waals surface area contributed by atoms with Gasteiger partial charge >= 0.3 is 0 Å². The minimum Gasteiger partial charge on any atom is -0.383 e. The van der Waals surface area contributed by atoms with Gasteiger partial charge in [0.05, 0.1) is 72.1 Å². The van der Waals surface area contributed by atoms with Crippen molar-refractivity contribution >= 4 is 58.9 Å². The second kappa shape index (κ2) is 81.1. The van der Waals surface area contributed by atoms with E-state index in [0.29, 0.717) is 131 Å². The van der Waals surface area contributed by atoms with Gasteiger partial charge in [0.1, 0.15) is 0 Å². The third kappa shape index (κ3) is 88.4. The number of ketones is 1. The monoisotopic (exact) mass is 1760 g/mol. The maximum atomic E-state index is 12.1. The number of carbonyl (C=O) groups excluding carboxylic acids is 10. The second-order valence-electron chi connectivity index (χ2n) is 38.5. The van der Waals surface area contributed by atoms with Crippen molar-refractivity contribution in [3.8, 4) is 0 Å². The van der Waals surface area contributed by atoms with Gasteiger partial charge in [0.2, 0.25) is 53.2 Å². The minimum atomic E-state index is -0.0447. The third-order valence-corrected chi connectivity index (χ3v) is 18.4. The molecule has 3 N–H and O–H groups in total. The van der Waals surface area contributed by atoms with Crippen LogP contribution in [0.15, 0.2) is 0 Å². The van der Waals surface area contributed by atoms with Crippen molar-refractivity contribution in [2.24, 2.45) is 59.2 Å². The Bertz CT molecular complexity index is 2640. The van der Waals surface area contributed by atoms with E-state index >= 15 is 0 Å². The summed E-state index contributed by atoms with van der Waals surface area (Å²) in [7, 11) is 23.5. The molecule has 0 aromatic carbocycles. The van der Waals surface area contributed by atoms with Crippen molar-refractivity contribution in [2.45, 2.75) is 237 Å². The van der Waals surface area contributed by atoms with Crippen molar-refractivity contribution in [3.63, 3.8) is 0 Å². The summed E-state index contributed by atoms with van der Waals surface area (Å²) in [5, 5.41) is 8.43. The molecule has 0 atom stereocenters. The molecule has 0 aromatic heterocycles. The van der Waals surface area contributed by atoms with Crippen LogP contribution >= 0.6 is 0 Å². The number of amides is 9. The Hall–Kier alpha value is -5.46. The maximum absolute atomic E-state index is 12.1. The first-order valence-electron chi connectivity index (χ1n) is 46.9. The predicted molar refractivity (Wildman–Crippen MR) is 518 cm³/mol. The lowest BCUT2D eigenvalue weighted by atomic mass is 9.94. The lowest BCUT2D eigenvalue weighted by Crippen LogP contribution is -2.44. The predicted octanol–water partition coefficient (Wildman–Crippen LogP) is 10.6. The molecule has 0 aromatic rings. The molecule has 28 nitrogen and oxygen atoms in total. The molecule has 0 bridgehead atoms. The molecule has 123 heavy (non-hydrogen) atoms. The van der Waals surface area contributed by atoms with Crippen LogP contribution in [-0.2, 0) is 52.7 Å². The highest BCUT2D eigenvalue weighted by molar-refractivity contribution is 5.87. The number of likely N-dealkylation sites (N-methyl/N-ethyl adjacent to an activating group) is 10. The normalized spacial score (nSPS) is 12.1. The zero-order chi connectivity index (χ0) is 96.8. The van der Waals surface area contributed by atoms with Crippen molar-refractivity contribution in [2.75, 3.05) is 268 Å². The first-order chi connectivity index (χ1) is 57.1. The fraction of sp³-hybridized carbons (Fsp3) is 0.895. The molecule has 1 saturated heterocycles. The number of carbonyl (C=O) groups is 10. The van der Waals surface area contributed by atoms with Crippen LogP contribution in [0.2, 0.25) is 0 Å². The number of ether oxygens (including phenoxy) is 1. The van der Waals surface area contributed by atoms with Crippen LogP contribution < -0.4 is 16.0 Å². The number of nitrogens with one attached hydrogen (secondary N) is 3. The SMILES string of the molecule is CC(C)CC(=O)CN(C)C(=O)CN(C)CC(C)C.CC(C)CN(C)CC(=O)NC(C)C.CCC1CCN(C(=O)CN(C)CC(C)C)CC1.CCCN(CC(=O)N(C)C)CC(C)C.CCCN(CC(=O)NC)CC(C)C.CCCNC(=O)CN(CCC)CC(C)C.CCN(CC(=O)N(C)C)C(=O)CN(C)CC(C)C.COCCN(CC(=O)N(C)C)CC(C)C. The zero-order valence-electron chi connectivity index (χ0n) is 87.4. The smallest absolute Gasteiger partial charge is 0.241 e. The summed E-state index contributed by atoms with van der Waals surface area (Å²) in [4.78, 5) is 143. The van der Waals surface area contributed by atoms with E-state index < -0.39 is 0 Å². The molecule has 0 saturated carbocycles. The Labute approximate surface area is 757 Å². The van der Waals surface area contributed by atoms with E-state index in [1.807, 2.05) is 96.5 Å². The van der Waals surface area contributed by atoms with Gasteiger partial charge in [-0.2, -0.15) is 0 Å². The number of likely N-dealkylation sites (tertiary alicyclic amines) is 1. The Morgan fingerprint density at radius 1 is 0.366 bits per heavy atom. The lowest BCUT2D eigenvalue weighted by molar-refractivity contribution is -0.139. The lowest BCUT2D eigenvalue weighted by Gasteiger charge is -2.32. The summed E-state index contributed by atoms with van der Waals surface area (Å²) in [5.41, 5.74) is 0. The van der Waals surface area contributed by atoms with Crippen molar-refractivity contribution < 1.29 is 52.7 Å². The zero-order valence-corrected chi connectivity index (χ0v) is 87.4. The van der Waals surface area contributed by atoms with Gasteiger partial charge in [-0.25, -0.2) is 0 Å². The molecule has 0 aliphatic carbocycles. The summed E-state index contributed by atoms with van der Waals surface area (Å²) in [5.74, 6) is 7.05. The second-order valence-corrected chi connectivity index (χ2v) is 38.5. The Kier molecular flexibility index (Phi) is 86.1. The number of hydrogen-bond acceptors (Lipinski definition) is 19. The molecule has 1 heterocycles. The molecule has 1 aliphatic heterocycles. The standard InChI is InChI=1S/C14H28N2O2.C14H28N2O.C13H27N3O2.C12H26N2O.C11H24N2O2.C11H24N2O.2C10H22N2O/c1-11(2)7-13(17)9-16(6)14(18)10-15(5)8-12(3)4;1-5-13-6-8-16(9-7-13)14(17)11-15(4)10-12(2)3;1-7-16(10-12(17)14(4)5)13(18)9-15(6)8-11(2)3;1-5-7-13-12(15)10-14(8-6-2)9-11(3)4;1-10(2)8-13(6-7-15-5)9-11(14)12(3)4;1-6-7-13(8-10(2)3)9-11(14)12(4)5;1-8(2)6-12(5)7-10(13)11-9(3)4;1-5-6-12(7-9(2)3)8-10(13)11-4/h11-12H,7-10H2,1-6H3;12-13H,5-11H2,1-4H3;11H,7-10H2,1-6H3;11H,5-10H2,1-4H3,(H,13,15);10H,6-9H2,1-5H3;10H,6-9H2,1-5H3;8-9H,6-7H2,1-5H3,(H,11,13);9H,5-8H2,1-4H3,(H,11,13). The van der Waals surface area contributed by atoms with Crippen LogP contribution in [0.3, 0.4) is 0 Å². The van der Waals surface area contributed by atoms with E-state index in [2.05, 4.69) is 186 Å². The number of hydrogen-bond donors (Lipinski definition) is 3. The number of nitrogens with zero attached hydrogens (tertiary/aromatic N) is 14. The first-order valence-corrected chi connectivity index (χ1v) is 46.9. The first kappa shape index (κ1) is 131. The number of piperidine rings is 1. The topological polar surface area (TPSA) is 261 Å². The molecule has 1 fully saturated rings. The summed E-state index contributed by atoms with van der Waals surface area (Å²) < 4.78 is 5.03. The molecular formula is C95H201N17O11. The van der Waals surface area contributed by atoms with Crippen LogP contribution in [0.5, 0.6) is 0 Å². The van der Waals surface area contributed by atoms with Gasteiger partial charge in [0.25, 0.3) is 0 Å². The summed E-state index contributed by atoms with van der Waals surface area (Å²) in [6, 6.07) is 0.236. The largest absolute Gasteiger partial charge is 0.383 e. The molecule has 0 radical (unpaired) electrons. The minimum absolute atomic E-state index is 0.00950. The van der Waals surface area contributed by atoms with Gasteiger partial charge in [-0.1, -0.05) is 166 Å².